The zero-order valence-corrected chi connectivity index (χ0v) is 19.9. The van der Waals surface area contributed by atoms with E-state index < -0.39 is 36.8 Å². The van der Waals surface area contributed by atoms with E-state index in [9.17, 15) is 19.6 Å². The highest BCUT2D eigenvalue weighted by Crippen LogP contribution is 2.70. The molecule has 1 aromatic heterocycles. The van der Waals surface area contributed by atoms with E-state index in [1.165, 1.54) is 10.8 Å². The molecule has 7 atom stereocenters. The summed E-state index contributed by atoms with van der Waals surface area (Å²) in [4.78, 5) is 36.6. The van der Waals surface area contributed by atoms with Gasteiger partial charge in [0.15, 0.2) is 0 Å². The number of nitrogens with one attached hydrogen (secondary N) is 1. The van der Waals surface area contributed by atoms with Gasteiger partial charge in [-0.25, -0.2) is 9.69 Å². The van der Waals surface area contributed by atoms with Crippen molar-refractivity contribution < 1.29 is 23.8 Å². The average Bonchev–Trinajstić information content (AvgIpc) is 3.20. The van der Waals surface area contributed by atoms with Crippen molar-refractivity contribution in [1.82, 2.24) is 9.55 Å². The van der Waals surface area contributed by atoms with Gasteiger partial charge in [-0.3, -0.25) is 14.3 Å². The minimum absolute atomic E-state index is 0.0640. The lowest BCUT2D eigenvalue weighted by molar-refractivity contribution is -0.0487. The smallest absolute Gasteiger partial charge is 0.330 e. The summed E-state index contributed by atoms with van der Waals surface area (Å²) in [6.07, 6.45) is 1.97. The van der Waals surface area contributed by atoms with Gasteiger partial charge in [0.05, 0.1) is 6.10 Å². The van der Waals surface area contributed by atoms with Gasteiger partial charge in [-0.05, 0) is 37.5 Å². The Labute approximate surface area is 186 Å². The third-order valence-electron chi connectivity index (χ3n) is 8.04. The van der Waals surface area contributed by atoms with E-state index in [2.05, 4.69) is 25.8 Å². The Morgan fingerprint density at radius 3 is 2.68 bits per heavy atom. The average molecular weight is 475 g/mol. The molecule has 9 nitrogen and oxygen atoms in total. The molecule has 1 aromatic rings. The molecule has 1 aliphatic heterocycles. The molecule has 1 saturated heterocycles. The minimum Gasteiger partial charge on any atom is -0.459 e. The SMILES string of the molecule is Cc1cn([C@H]2C[C@H](O)[C@@H](CO[P+](O)([S-])O[C@H]3C[C@H]4CC[C@]3(C)C4(C)C)O2)c(=O)[nH]c1=O. The van der Waals surface area contributed by atoms with Gasteiger partial charge in [0, 0.05) is 23.6 Å². The van der Waals surface area contributed by atoms with Gasteiger partial charge in [0.25, 0.3) is 12.7 Å². The maximum atomic E-state index is 12.1. The van der Waals surface area contributed by atoms with Crippen molar-refractivity contribution in [1.29, 1.82) is 0 Å². The first-order valence-corrected chi connectivity index (χ1v) is 13.2. The minimum atomic E-state index is -3.54. The van der Waals surface area contributed by atoms with Crippen molar-refractivity contribution in [2.45, 2.75) is 77.9 Å². The Morgan fingerprint density at radius 1 is 1.35 bits per heavy atom. The quantitative estimate of drug-likeness (QED) is 0.422. The van der Waals surface area contributed by atoms with Crippen LogP contribution in [0.15, 0.2) is 15.8 Å². The Morgan fingerprint density at radius 2 is 2.06 bits per heavy atom. The van der Waals surface area contributed by atoms with Crippen LogP contribution in [0.5, 0.6) is 0 Å². The van der Waals surface area contributed by atoms with Gasteiger partial charge in [-0.2, -0.15) is 9.05 Å². The number of nitrogens with zero attached hydrogens (tertiary/aromatic N) is 1. The molecule has 1 unspecified atom stereocenters. The highest BCUT2D eigenvalue weighted by molar-refractivity contribution is 8.35. The van der Waals surface area contributed by atoms with Crippen LogP contribution >= 0.6 is 7.15 Å². The first-order valence-electron chi connectivity index (χ1n) is 10.7. The fourth-order valence-corrected chi connectivity index (χ4v) is 7.02. The van der Waals surface area contributed by atoms with E-state index in [1.807, 2.05) is 0 Å². The summed E-state index contributed by atoms with van der Waals surface area (Å²) < 4.78 is 18.5. The molecule has 2 aliphatic carbocycles. The molecule has 11 heteroatoms. The number of aryl methyl sites for hydroxylation is 1. The van der Waals surface area contributed by atoms with E-state index >= 15 is 0 Å². The maximum Gasteiger partial charge on any atom is 0.330 e. The molecular formula is C20H31N2O7PS. The zero-order chi connectivity index (χ0) is 22.8. The molecule has 2 heterocycles. The maximum absolute atomic E-state index is 12.1. The summed E-state index contributed by atoms with van der Waals surface area (Å²) in [5.41, 5.74) is -0.662. The lowest BCUT2D eigenvalue weighted by Gasteiger charge is -2.39. The molecule has 3 fully saturated rings. The van der Waals surface area contributed by atoms with E-state index in [-0.39, 0.29) is 30.0 Å². The highest BCUT2D eigenvalue weighted by Gasteiger charge is 2.64. The summed E-state index contributed by atoms with van der Waals surface area (Å²) in [6, 6.07) is 0. The Balaban J connectivity index is 1.37. The zero-order valence-electron chi connectivity index (χ0n) is 18.2. The Kier molecular flexibility index (Phi) is 6.00. The molecule has 3 aliphatic rings. The van der Waals surface area contributed by atoms with E-state index in [0.717, 1.165) is 19.3 Å². The van der Waals surface area contributed by atoms with Crippen LogP contribution in [0, 0.1) is 23.7 Å². The van der Waals surface area contributed by atoms with Crippen LogP contribution in [0.1, 0.15) is 58.2 Å². The van der Waals surface area contributed by atoms with Crippen molar-refractivity contribution >= 4 is 19.4 Å². The van der Waals surface area contributed by atoms with E-state index in [1.54, 1.807) is 6.92 Å². The highest BCUT2D eigenvalue weighted by atomic mass is 32.7. The largest absolute Gasteiger partial charge is 0.459 e. The second-order valence-corrected chi connectivity index (χ2v) is 12.7. The number of aromatic amines is 1. The molecule has 0 spiro atoms. The van der Waals surface area contributed by atoms with Crippen LogP contribution in [0.25, 0.3) is 0 Å². The molecule has 3 N–H and O–H groups in total. The van der Waals surface area contributed by atoms with Gasteiger partial charge in [-0.15, -0.1) is 0 Å². The number of aliphatic hydroxyl groups is 1. The van der Waals surface area contributed by atoms with Crippen LogP contribution < -0.4 is 11.2 Å². The van der Waals surface area contributed by atoms with Gasteiger partial charge in [-0.1, -0.05) is 20.8 Å². The molecule has 0 amide bonds. The third kappa shape index (κ3) is 4.05. The van der Waals surface area contributed by atoms with E-state index in [4.69, 9.17) is 26.0 Å². The van der Waals surface area contributed by atoms with Gasteiger partial charge < -0.3 is 22.1 Å². The van der Waals surface area contributed by atoms with Crippen LogP contribution in [0.2, 0.25) is 0 Å². The summed E-state index contributed by atoms with van der Waals surface area (Å²) in [5.74, 6) is 0.539. The topological polar surface area (TPSA) is 123 Å². The van der Waals surface area contributed by atoms with Crippen LogP contribution in [-0.2, 0) is 26.0 Å². The molecule has 2 bridgehead atoms. The summed E-state index contributed by atoms with van der Waals surface area (Å²) in [6.45, 7) is 8.12. The number of hydrogen-bond acceptors (Lipinski definition) is 8. The van der Waals surface area contributed by atoms with Crippen molar-refractivity contribution in [2.75, 3.05) is 6.61 Å². The molecule has 31 heavy (non-hydrogen) atoms. The number of rotatable bonds is 6. The summed E-state index contributed by atoms with van der Waals surface area (Å²) in [7, 11) is -3.54. The predicted molar refractivity (Wildman–Crippen MR) is 117 cm³/mol. The number of hydrogen-bond donors (Lipinski definition) is 3. The molecule has 174 valence electrons. The standard InChI is InChI=1S/C20H31N2O7PS/c1-11-9-22(18(25)21-17(11)24)16-8-13(23)14(28-16)10-27-30(26,31)29-15-7-12-5-6-20(15,4)19(12,2)3/h9,12-16,23H,5-8,10H2,1-4H3,(H,26,31)(H,21,24,25)/t12-,13+,14-,15+,16-,20+,30?/m1/s1. The first-order chi connectivity index (χ1) is 14.3. The van der Waals surface area contributed by atoms with E-state index in [0.29, 0.717) is 11.5 Å². The van der Waals surface area contributed by atoms with Crippen molar-refractivity contribution in [3.63, 3.8) is 0 Å². The van der Waals surface area contributed by atoms with Crippen LogP contribution in [0.3, 0.4) is 0 Å². The lowest BCUT2D eigenvalue weighted by atomic mass is 9.70. The van der Waals surface area contributed by atoms with Crippen molar-refractivity contribution in [2.24, 2.45) is 16.7 Å². The second kappa shape index (κ2) is 7.94. The second-order valence-electron chi connectivity index (χ2n) is 9.88. The van der Waals surface area contributed by atoms with Crippen molar-refractivity contribution in [3.05, 3.63) is 32.6 Å². The van der Waals surface area contributed by atoms with Gasteiger partial charge in [0.2, 0.25) is 0 Å². The molecule has 0 radical (unpaired) electrons. The third-order valence-corrected chi connectivity index (χ3v) is 9.61. The fraction of sp³-hybridized carbons (Fsp3) is 0.800. The lowest BCUT2D eigenvalue weighted by Crippen LogP contribution is -2.37. The Bertz CT molecular complexity index is 964. The summed E-state index contributed by atoms with van der Waals surface area (Å²) >= 11 is 5.26. The number of ether oxygens (including phenoxy) is 1. The number of aliphatic hydroxyl groups excluding tert-OH is 1. The number of H-pyrrole nitrogens is 1. The van der Waals surface area contributed by atoms with Crippen LogP contribution in [-0.4, -0.2) is 44.5 Å². The van der Waals surface area contributed by atoms with Gasteiger partial charge >= 0.3 is 5.69 Å². The monoisotopic (exact) mass is 474 g/mol. The Hall–Kier alpha value is -0.740. The molecule has 0 aromatic carbocycles. The molecular weight excluding hydrogens is 443 g/mol. The summed E-state index contributed by atoms with van der Waals surface area (Å²) in [5, 5.41) is 10.4. The normalized spacial score (nSPS) is 38.5. The van der Waals surface area contributed by atoms with Crippen LogP contribution in [0.4, 0.5) is 0 Å². The predicted octanol–water partition coefficient (Wildman–Crippen LogP) is 1.96. The van der Waals surface area contributed by atoms with Gasteiger partial charge in [0.1, 0.15) is 25.0 Å². The van der Waals surface area contributed by atoms with Crippen molar-refractivity contribution in [3.8, 4) is 0 Å². The number of aromatic nitrogens is 2. The molecule has 2 saturated carbocycles. The first kappa shape index (κ1) is 23.4. The fourth-order valence-electron chi connectivity index (χ4n) is 5.48. The number of fused-ring (bicyclic) bond motifs is 2. The molecule has 4 rings (SSSR count).